The highest BCUT2D eigenvalue weighted by Gasteiger charge is 2.40. The topological polar surface area (TPSA) is 35.5 Å². The summed E-state index contributed by atoms with van der Waals surface area (Å²) in [5.74, 6) is -1.62. The zero-order valence-electron chi connectivity index (χ0n) is 14.8. The highest BCUT2D eigenvalue weighted by molar-refractivity contribution is 5.84. The second-order valence-corrected chi connectivity index (χ2v) is 6.09. The smallest absolute Gasteiger partial charge is 0.256 e. The van der Waals surface area contributed by atoms with E-state index in [0.717, 1.165) is 11.1 Å². The molecule has 3 rings (SSSR count). The molecule has 0 saturated carbocycles. The van der Waals surface area contributed by atoms with Crippen LogP contribution in [-0.4, -0.2) is 5.78 Å². The van der Waals surface area contributed by atoms with Crippen LogP contribution in [0.25, 0.3) is 0 Å². The summed E-state index contributed by atoms with van der Waals surface area (Å²) < 4.78 is 12.2. The Morgan fingerprint density at radius 1 is 0.692 bits per heavy atom. The van der Waals surface area contributed by atoms with E-state index in [-0.39, 0.29) is 19.0 Å². The first-order valence-electron chi connectivity index (χ1n) is 8.63. The highest BCUT2D eigenvalue weighted by atomic mass is 16.7. The van der Waals surface area contributed by atoms with E-state index in [9.17, 15) is 4.79 Å². The molecule has 0 aliphatic heterocycles. The van der Waals surface area contributed by atoms with Gasteiger partial charge in [-0.2, -0.15) is 0 Å². The van der Waals surface area contributed by atoms with Gasteiger partial charge in [-0.15, -0.1) is 0 Å². The molecule has 3 heteroatoms. The van der Waals surface area contributed by atoms with Crippen molar-refractivity contribution in [2.45, 2.75) is 25.9 Å². The number of hydrogen-bond acceptors (Lipinski definition) is 3. The molecule has 3 nitrogen and oxygen atoms in total. The standard InChI is InChI=1S/C23H22O3/c1-19(24)23(22-15-9-4-10-16-22,25-17-20-11-5-2-6-12-20)26-18-21-13-7-3-8-14-21/h2-16H,17-18H2,1H3. The van der Waals surface area contributed by atoms with E-state index < -0.39 is 5.79 Å². The van der Waals surface area contributed by atoms with Gasteiger partial charge in [0.05, 0.1) is 13.2 Å². The van der Waals surface area contributed by atoms with Crippen molar-refractivity contribution in [1.82, 2.24) is 0 Å². The fraction of sp³-hybridized carbons (Fsp3) is 0.174. The van der Waals surface area contributed by atoms with E-state index in [0.29, 0.717) is 5.56 Å². The average molecular weight is 346 g/mol. The van der Waals surface area contributed by atoms with Crippen LogP contribution in [0.5, 0.6) is 0 Å². The van der Waals surface area contributed by atoms with Gasteiger partial charge in [-0.1, -0.05) is 91.0 Å². The van der Waals surface area contributed by atoms with Crippen molar-refractivity contribution in [3.05, 3.63) is 108 Å². The van der Waals surface area contributed by atoms with Crippen LogP contribution in [0.3, 0.4) is 0 Å². The van der Waals surface area contributed by atoms with Crippen LogP contribution in [0, 0.1) is 0 Å². The lowest BCUT2D eigenvalue weighted by atomic mass is 10.0. The Bertz CT molecular complexity index is 770. The summed E-state index contributed by atoms with van der Waals surface area (Å²) >= 11 is 0. The van der Waals surface area contributed by atoms with Crippen molar-refractivity contribution < 1.29 is 14.3 Å². The molecule has 3 aromatic rings. The third-order valence-electron chi connectivity index (χ3n) is 4.19. The normalized spacial score (nSPS) is 11.3. The summed E-state index contributed by atoms with van der Waals surface area (Å²) in [5.41, 5.74) is 2.66. The van der Waals surface area contributed by atoms with Gasteiger partial charge in [0.25, 0.3) is 5.79 Å². The maximum absolute atomic E-state index is 12.7. The minimum Gasteiger partial charge on any atom is -0.335 e. The fourth-order valence-electron chi connectivity index (χ4n) is 2.79. The minimum absolute atomic E-state index is 0.185. The minimum atomic E-state index is -1.44. The van der Waals surface area contributed by atoms with E-state index in [1.165, 1.54) is 6.92 Å². The van der Waals surface area contributed by atoms with Crippen molar-refractivity contribution in [1.29, 1.82) is 0 Å². The maximum atomic E-state index is 12.7. The zero-order valence-corrected chi connectivity index (χ0v) is 14.8. The van der Waals surface area contributed by atoms with Gasteiger partial charge >= 0.3 is 0 Å². The molecular formula is C23H22O3. The molecule has 0 atom stereocenters. The molecule has 0 amide bonds. The van der Waals surface area contributed by atoms with Crippen LogP contribution in [-0.2, 0) is 33.3 Å². The number of carbonyl (C=O) groups is 1. The van der Waals surface area contributed by atoms with Crippen LogP contribution in [0.4, 0.5) is 0 Å². The monoisotopic (exact) mass is 346 g/mol. The second-order valence-electron chi connectivity index (χ2n) is 6.09. The lowest BCUT2D eigenvalue weighted by Gasteiger charge is -2.32. The molecule has 132 valence electrons. The van der Waals surface area contributed by atoms with Gasteiger partial charge in [0.1, 0.15) is 0 Å². The lowest BCUT2D eigenvalue weighted by molar-refractivity contribution is -0.245. The Labute approximate surface area is 154 Å². The van der Waals surface area contributed by atoms with Crippen molar-refractivity contribution in [3.63, 3.8) is 0 Å². The Morgan fingerprint density at radius 2 is 1.08 bits per heavy atom. The summed E-state index contributed by atoms with van der Waals surface area (Å²) in [7, 11) is 0. The first kappa shape index (κ1) is 18.1. The summed E-state index contributed by atoms with van der Waals surface area (Å²) in [4.78, 5) is 12.7. The Kier molecular flexibility index (Phi) is 5.95. The molecule has 0 saturated heterocycles. The molecule has 3 aromatic carbocycles. The van der Waals surface area contributed by atoms with Gasteiger partial charge in [0.2, 0.25) is 0 Å². The molecule has 0 N–H and O–H groups in total. The van der Waals surface area contributed by atoms with Crippen molar-refractivity contribution >= 4 is 5.78 Å². The number of ether oxygens (including phenoxy) is 2. The molecular weight excluding hydrogens is 324 g/mol. The molecule has 0 aromatic heterocycles. The highest BCUT2D eigenvalue weighted by Crippen LogP contribution is 2.31. The Hall–Kier alpha value is -2.75. The fourth-order valence-corrected chi connectivity index (χ4v) is 2.79. The molecule has 0 heterocycles. The predicted octanol–water partition coefficient (Wildman–Crippen LogP) is 4.86. The molecule has 26 heavy (non-hydrogen) atoms. The Balaban J connectivity index is 1.89. The van der Waals surface area contributed by atoms with Gasteiger partial charge in [-0.3, -0.25) is 4.79 Å². The third kappa shape index (κ3) is 4.26. The first-order chi connectivity index (χ1) is 12.7. The summed E-state index contributed by atoms with van der Waals surface area (Å²) in [6, 6.07) is 28.9. The largest absolute Gasteiger partial charge is 0.335 e. The number of Topliss-reactive ketones (excluding diaryl/α,β-unsaturated/α-hetero) is 1. The molecule has 0 bridgehead atoms. The van der Waals surface area contributed by atoms with E-state index in [1.807, 2.05) is 91.0 Å². The van der Waals surface area contributed by atoms with E-state index >= 15 is 0 Å². The van der Waals surface area contributed by atoms with Gasteiger partial charge < -0.3 is 9.47 Å². The summed E-state index contributed by atoms with van der Waals surface area (Å²) in [6.07, 6.45) is 0. The number of rotatable bonds is 8. The number of benzene rings is 3. The number of ketones is 1. The SMILES string of the molecule is CC(=O)C(OCc1ccccc1)(OCc1ccccc1)c1ccccc1. The van der Waals surface area contributed by atoms with Crippen LogP contribution < -0.4 is 0 Å². The van der Waals surface area contributed by atoms with E-state index in [1.54, 1.807) is 0 Å². The predicted molar refractivity (Wildman–Crippen MR) is 101 cm³/mol. The lowest BCUT2D eigenvalue weighted by Crippen LogP contribution is -2.40. The zero-order chi connectivity index (χ0) is 18.2. The van der Waals surface area contributed by atoms with Crippen LogP contribution >= 0.6 is 0 Å². The molecule has 0 spiro atoms. The van der Waals surface area contributed by atoms with Crippen molar-refractivity contribution in [2.75, 3.05) is 0 Å². The van der Waals surface area contributed by atoms with Crippen LogP contribution in [0.1, 0.15) is 23.6 Å². The number of carbonyl (C=O) groups excluding carboxylic acids is 1. The van der Waals surface area contributed by atoms with Crippen LogP contribution in [0.15, 0.2) is 91.0 Å². The summed E-state index contributed by atoms with van der Waals surface area (Å²) in [6.45, 7) is 2.07. The second kappa shape index (κ2) is 8.56. The van der Waals surface area contributed by atoms with Gasteiger partial charge in [0.15, 0.2) is 5.78 Å². The Morgan fingerprint density at radius 3 is 1.46 bits per heavy atom. The van der Waals surface area contributed by atoms with Gasteiger partial charge in [-0.25, -0.2) is 0 Å². The molecule has 0 unspecified atom stereocenters. The number of hydrogen-bond donors (Lipinski definition) is 0. The molecule has 0 radical (unpaired) electrons. The molecule has 0 aliphatic carbocycles. The average Bonchev–Trinajstić information content (AvgIpc) is 2.70. The van der Waals surface area contributed by atoms with Crippen molar-refractivity contribution in [2.24, 2.45) is 0 Å². The van der Waals surface area contributed by atoms with E-state index in [2.05, 4.69) is 0 Å². The van der Waals surface area contributed by atoms with E-state index in [4.69, 9.17) is 9.47 Å². The molecule has 0 aliphatic rings. The maximum Gasteiger partial charge on any atom is 0.256 e. The quantitative estimate of drug-likeness (QED) is 0.546. The van der Waals surface area contributed by atoms with Gasteiger partial charge in [0, 0.05) is 12.5 Å². The molecule has 0 fully saturated rings. The van der Waals surface area contributed by atoms with Crippen molar-refractivity contribution in [3.8, 4) is 0 Å². The van der Waals surface area contributed by atoms with Gasteiger partial charge in [-0.05, 0) is 11.1 Å². The summed E-state index contributed by atoms with van der Waals surface area (Å²) in [5, 5.41) is 0. The van der Waals surface area contributed by atoms with Crippen LogP contribution in [0.2, 0.25) is 0 Å². The third-order valence-corrected chi connectivity index (χ3v) is 4.19. The first-order valence-corrected chi connectivity index (χ1v) is 8.63.